The predicted octanol–water partition coefficient (Wildman–Crippen LogP) is 2.27. The van der Waals surface area contributed by atoms with E-state index in [1.807, 2.05) is 37.3 Å². The van der Waals surface area contributed by atoms with Gasteiger partial charge in [0.15, 0.2) is 6.23 Å². The van der Waals surface area contributed by atoms with Crippen LogP contribution in [0.3, 0.4) is 0 Å². The van der Waals surface area contributed by atoms with E-state index in [1.54, 1.807) is 0 Å². The van der Waals surface area contributed by atoms with Gasteiger partial charge in [-0.3, -0.25) is 5.32 Å². The van der Waals surface area contributed by atoms with E-state index in [4.69, 9.17) is 10.00 Å². The van der Waals surface area contributed by atoms with Gasteiger partial charge < -0.3 is 4.74 Å². The van der Waals surface area contributed by atoms with Crippen molar-refractivity contribution in [1.82, 2.24) is 5.32 Å². The molecule has 4 heteroatoms. The van der Waals surface area contributed by atoms with Gasteiger partial charge in [0, 0.05) is 16.7 Å². The molecular weight excluding hydrogens is 303 g/mol. The highest BCUT2D eigenvalue weighted by molar-refractivity contribution is 14.1. The van der Waals surface area contributed by atoms with Crippen molar-refractivity contribution in [3.05, 3.63) is 33.4 Å². The number of halogens is 1. The minimum Gasteiger partial charge on any atom is -0.350 e. The topological polar surface area (TPSA) is 45.0 Å². The van der Waals surface area contributed by atoms with Crippen LogP contribution in [0.4, 0.5) is 0 Å². The highest BCUT2D eigenvalue weighted by atomic mass is 127. The van der Waals surface area contributed by atoms with Crippen molar-refractivity contribution < 1.29 is 4.74 Å². The number of hydrogen-bond donors (Lipinski definition) is 1. The molecule has 1 atom stereocenters. The molecule has 1 aromatic rings. The Balaban J connectivity index is 2.42. The maximum atomic E-state index is 8.74. The van der Waals surface area contributed by atoms with E-state index in [9.17, 15) is 0 Å². The number of rotatable bonds is 5. The average molecular weight is 316 g/mol. The summed E-state index contributed by atoms with van der Waals surface area (Å²) in [7, 11) is 0. The summed E-state index contributed by atoms with van der Waals surface area (Å²) in [5, 5.41) is 11.8. The Morgan fingerprint density at radius 1 is 1.47 bits per heavy atom. The summed E-state index contributed by atoms with van der Waals surface area (Å²) in [5.41, 5.74) is 1.15. The lowest BCUT2D eigenvalue weighted by Gasteiger charge is -2.10. The maximum absolute atomic E-state index is 8.74. The van der Waals surface area contributed by atoms with Crippen LogP contribution in [0.15, 0.2) is 24.3 Å². The third-order valence-electron chi connectivity index (χ3n) is 1.86. The van der Waals surface area contributed by atoms with Crippen LogP contribution in [-0.2, 0) is 11.3 Å². The van der Waals surface area contributed by atoms with Crippen LogP contribution in [-0.4, -0.2) is 12.8 Å². The van der Waals surface area contributed by atoms with Gasteiger partial charge in [0.25, 0.3) is 0 Å². The zero-order chi connectivity index (χ0) is 11.1. The van der Waals surface area contributed by atoms with E-state index in [1.165, 1.54) is 3.57 Å². The van der Waals surface area contributed by atoms with Gasteiger partial charge in [-0.1, -0.05) is 12.1 Å². The molecule has 0 aliphatic heterocycles. The highest BCUT2D eigenvalue weighted by Gasteiger charge is 2.04. The summed E-state index contributed by atoms with van der Waals surface area (Å²) in [6.07, 6.45) is -0.519. The minimum absolute atomic E-state index is 0.519. The van der Waals surface area contributed by atoms with E-state index in [2.05, 4.69) is 27.9 Å². The van der Waals surface area contributed by atoms with E-state index in [-0.39, 0.29) is 0 Å². The molecule has 1 unspecified atom stereocenters. The molecule has 0 bridgehead atoms. The van der Waals surface area contributed by atoms with Gasteiger partial charge in [-0.05, 0) is 47.2 Å². The number of nitrogens with one attached hydrogen (secondary N) is 1. The fourth-order valence-electron chi connectivity index (χ4n) is 1.12. The monoisotopic (exact) mass is 316 g/mol. The quantitative estimate of drug-likeness (QED) is 0.669. The molecule has 80 valence electrons. The molecule has 0 aromatic heterocycles. The van der Waals surface area contributed by atoms with Crippen LogP contribution >= 0.6 is 22.6 Å². The zero-order valence-electron chi connectivity index (χ0n) is 8.53. The van der Waals surface area contributed by atoms with Crippen LogP contribution in [0.2, 0.25) is 0 Å². The molecular formula is C11H13IN2O. The smallest absolute Gasteiger partial charge is 0.197 e. The van der Waals surface area contributed by atoms with Crippen LogP contribution < -0.4 is 5.32 Å². The maximum Gasteiger partial charge on any atom is 0.197 e. The summed E-state index contributed by atoms with van der Waals surface area (Å²) in [5.74, 6) is 0. The average Bonchev–Trinajstić information content (AvgIpc) is 2.26. The van der Waals surface area contributed by atoms with Crippen molar-refractivity contribution >= 4 is 22.6 Å². The fourth-order valence-corrected chi connectivity index (χ4v) is 1.48. The van der Waals surface area contributed by atoms with Crippen LogP contribution in [0.5, 0.6) is 0 Å². The summed E-state index contributed by atoms with van der Waals surface area (Å²) in [4.78, 5) is 0. The SMILES string of the molecule is CCOC(C#N)NCc1ccc(I)cc1. The zero-order valence-corrected chi connectivity index (χ0v) is 10.7. The lowest BCUT2D eigenvalue weighted by Crippen LogP contribution is -2.29. The van der Waals surface area contributed by atoms with Gasteiger partial charge in [-0.15, -0.1) is 0 Å². The second-order valence-electron chi connectivity index (χ2n) is 2.97. The number of hydrogen-bond acceptors (Lipinski definition) is 3. The third kappa shape index (κ3) is 4.60. The van der Waals surface area contributed by atoms with Gasteiger partial charge in [0.2, 0.25) is 0 Å². The molecule has 0 spiro atoms. The molecule has 0 aliphatic rings. The summed E-state index contributed by atoms with van der Waals surface area (Å²) in [6.45, 7) is 3.06. The lowest BCUT2D eigenvalue weighted by molar-refractivity contribution is 0.0763. The molecule has 1 rings (SSSR count). The first-order valence-corrected chi connectivity index (χ1v) is 5.83. The second kappa shape index (κ2) is 6.77. The highest BCUT2D eigenvalue weighted by Crippen LogP contribution is 2.06. The van der Waals surface area contributed by atoms with Gasteiger partial charge in [0.05, 0.1) is 0 Å². The van der Waals surface area contributed by atoms with Crippen LogP contribution in [0.25, 0.3) is 0 Å². The van der Waals surface area contributed by atoms with Gasteiger partial charge in [-0.25, -0.2) is 0 Å². The molecule has 0 saturated heterocycles. The molecule has 0 fully saturated rings. The van der Waals surface area contributed by atoms with E-state index in [0.29, 0.717) is 13.2 Å². The van der Waals surface area contributed by atoms with Crippen molar-refractivity contribution in [2.45, 2.75) is 19.7 Å². The molecule has 1 aromatic carbocycles. The Morgan fingerprint density at radius 2 is 2.13 bits per heavy atom. The lowest BCUT2D eigenvalue weighted by atomic mass is 10.2. The molecule has 15 heavy (non-hydrogen) atoms. The second-order valence-corrected chi connectivity index (χ2v) is 4.22. The number of benzene rings is 1. The third-order valence-corrected chi connectivity index (χ3v) is 2.57. The predicted molar refractivity (Wildman–Crippen MR) is 67.0 cm³/mol. The van der Waals surface area contributed by atoms with Crippen molar-refractivity contribution in [2.75, 3.05) is 6.61 Å². The molecule has 3 nitrogen and oxygen atoms in total. The summed E-state index contributed by atoms with van der Waals surface area (Å²) in [6, 6.07) is 10.2. The molecule has 0 amide bonds. The van der Waals surface area contributed by atoms with Crippen molar-refractivity contribution in [3.63, 3.8) is 0 Å². The first kappa shape index (κ1) is 12.4. The Kier molecular flexibility index (Phi) is 5.61. The first-order chi connectivity index (χ1) is 7.26. The van der Waals surface area contributed by atoms with Crippen LogP contribution in [0.1, 0.15) is 12.5 Å². The first-order valence-electron chi connectivity index (χ1n) is 4.75. The molecule has 1 N–H and O–H groups in total. The largest absolute Gasteiger partial charge is 0.350 e. The molecule has 0 radical (unpaired) electrons. The Labute approximate surface area is 104 Å². The van der Waals surface area contributed by atoms with E-state index >= 15 is 0 Å². The molecule has 0 aliphatic carbocycles. The van der Waals surface area contributed by atoms with E-state index in [0.717, 1.165) is 5.56 Å². The van der Waals surface area contributed by atoms with Crippen molar-refractivity contribution in [2.24, 2.45) is 0 Å². The van der Waals surface area contributed by atoms with Crippen LogP contribution in [0, 0.1) is 14.9 Å². The normalized spacial score (nSPS) is 12.1. The molecule has 0 heterocycles. The van der Waals surface area contributed by atoms with E-state index < -0.39 is 6.23 Å². The summed E-state index contributed by atoms with van der Waals surface area (Å²) < 4.78 is 6.37. The number of nitrogens with zero attached hydrogens (tertiary/aromatic N) is 1. The Bertz CT molecular complexity index is 331. The molecule has 0 saturated carbocycles. The Hall–Kier alpha value is -0.640. The fraction of sp³-hybridized carbons (Fsp3) is 0.364. The Morgan fingerprint density at radius 3 is 2.67 bits per heavy atom. The van der Waals surface area contributed by atoms with Gasteiger partial charge in [0.1, 0.15) is 6.07 Å². The van der Waals surface area contributed by atoms with Gasteiger partial charge in [-0.2, -0.15) is 5.26 Å². The summed E-state index contributed by atoms with van der Waals surface area (Å²) >= 11 is 2.26. The number of ether oxygens (including phenoxy) is 1. The number of nitriles is 1. The standard InChI is InChI=1S/C11H13IN2O/c1-2-15-11(7-13)14-8-9-3-5-10(12)6-4-9/h3-6,11,14H,2,8H2,1H3. The van der Waals surface area contributed by atoms with Crippen molar-refractivity contribution in [1.29, 1.82) is 5.26 Å². The van der Waals surface area contributed by atoms with Crippen molar-refractivity contribution in [3.8, 4) is 6.07 Å². The van der Waals surface area contributed by atoms with Gasteiger partial charge >= 0.3 is 0 Å². The minimum atomic E-state index is -0.519.